The van der Waals surface area contributed by atoms with E-state index >= 15 is 0 Å². The van der Waals surface area contributed by atoms with E-state index in [4.69, 9.17) is 9.47 Å². The van der Waals surface area contributed by atoms with Crippen LogP contribution >= 0.6 is 15.9 Å². The number of ether oxygens (including phenoxy) is 2. The summed E-state index contributed by atoms with van der Waals surface area (Å²) in [4.78, 5) is 24.6. The molecule has 1 aromatic heterocycles. The zero-order valence-corrected chi connectivity index (χ0v) is 16.7. The van der Waals surface area contributed by atoms with Crippen LogP contribution in [0.5, 0.6) is 0 Å². The van der Waals surface area contributed by atoms with E-state index < -0.39 is 11.8 Å². The van der Waals surface area contributed by atoms with Crippen LogP contribution in [0.25, 0.3) is 0 Å². The molecule has 26 heavy (non-hydrogen) atoms. The Morgan fingerprint density at radius 2 is 1.92 bits per heavy atom. The number of aryl methyl sites for hydroxylation is 1. The molecule has 140 valence electrons. The van der Waals surface area contributed by atoms with Crippen molar-refractivity contribution in [2.75, 3.05) is 20.3 Å². The van der Waals surface area contributed by atoms with Gasteiger partial charge < -0.3 is 14.0 Å². The number of rotatable bonds is 7. The maximum atomic E-state index is 13.1. The van der Waals surface area contributed by atoms with Crippen LogP contribution in [0.1, 0.15) is 45.1 Å². The molecule has 0 bridgehead atoms. The average Bonchev–Trinajstić information content (AvgIpc) is 2.87. The summed E-state index contributed by atoms with van der Waals surface area (Å²) < 4.78 is 25.7. The van der Waals surface area contributed by atoms with E-state index in [0.29, 0.717) is 12.2 Å². The molecule has 0 aliphatic heterocycles. The summed E-state index contributed by atoms with van der Waals surface area (Å²) in [5, 5.41) is 0. The van der Waals surface area contributed by atoms with Gasteiger partial charge in [0.25, 0.3) is 0 Å². The summed E-state index contributed by atoms with van der Waals surface area (Å²) in [6.45, 7) is 5.91. The Balaban J connectivity index is 2.11. The normalized spacial score (nSPS) is 12.1. The van der Waals surface area contributed by atoms with Crippen molar-refractivity contribution in [3.63, 3.8) is 0 Å². The summed E-state index contributed by atoms with van der Waals surface area (Å²) in [6, 6.07) is 5.51. The first kappa shape index (κ1) is 20.3. The van der Waals surface area contributed by atoms with E-state index in [-0.39, 0.29) is 28.5 Å². The number of nitrogens with zero attached hydrogens (tertiary/aromatic N) is 1. The zero-order valence-electron chi connectivity index (χ0n) is 15.1. The van der Waals surface area contributed by atoms with Crippen LogP contribution < -0.4 is 0 Å². The number of aromatic nitrogens is 1. The highest BCUT2D eigenvalue weighted by Crippen LogP contribution is 2.22. The number of halogens is 2. The molecule has 7 heteroatoms. The molecule has 0 spiro atoms. The SMILES string of the molecule is COCC(C)n1c(C)cc(C(=O)COC(=O)c2ccc(F)cc2Br)c1C. The van der Waals surface area contributed by atoms with E-state index in [2.05, 4.69) is 15.9 Å². The Kier molecular flexibility index (Phi) is 6.72. The summed E-state index contributed by atoms with van der Waals surface area (Å²) >= 11 is 3.11. The van der Waals surface area contributed by atoms with Gasteiger partial charge in [-0.1, -0.05) is 0 Å². The second-order valence-electron chi connectivity index (χ2n) is 6.08. The van der Waals surface area contributed by atoms with Crippen LogP contribution in [-0.4, -0.2) is 36.6 Å². The molecule has 0 amide bonds. The third-order valence-electron chi connectivity index (χ3n) is 4.12. The van der Waals surface area contributed by atoms with Crippen LogP contribution in [-0.2, 0) is 9.47 Å². The minimum absolute atomic E-state index is 0.0827. The predicted molar refractivity (Wildman–Crippen MR) is 99.2 cm³/mol. The largest absolute Gasteiger partial charge is 0.454 e. The standard InChI is InChI=1S/C19H21BrFNO4/c1-11-7-16(13(3)22(11)12(2)9-25-4)18(23)10-26-19(24)15-6-5-14(21)8-17(15)20/h5-8,12H,9-10H2,1-4H3. The second-order valence-corrected chi connectivity index (χ2v) is 6.94. The fraction of sp³-hybridized carbons (Fsp3) is 0.368. The molecule has 2 aromatic rings. The third kappa shape index (κ3) is 4.40. The molecule has 1 unspecified atom stereocenters. The van der Waals surface area contributed by atoms with Crippen LogP contribution in [0, 0.1) is 19.7 Å². The Labute approximate surface area is 160 Å². The monoisotopic (exact) mass is 425 g/mol. The first-order valence-electron chi connectivity index (χ1n) is 8.09. The fourth-order valence-corrected chi connectivity index (χ4v) is 3.51. The lowest BCUT2D eigenvalue weighted by Crippen LogP contribution is -2.17. The third-order valence-corrected chi connectivity index (χ3v) is 4.77. The Morgan fingerprint density at radius 3 is 2.54 bits per heavy atom. The molecule has 0 N–H and O–H groups in total. The van der Waals surface area contributed by atoms with Gasteiger partial charge in [0, 0.05) is 28.5 Å². The molecule has 2 rings (SSSR count). The molecule has 1 heterocycles. The molecule has 0 radical (unpaired) electrons. The van der Waals surface area contributed by atoms with Gasteiger partial charge in [-0.25, -0.2) is 9.18 Å². The van der Waals surface area contributed by atoms with E-state index in [0.717, 1.165) is 17.5 Å². The molecule has 0 aliphatic rings. The number of benzene rings is 1. The van der Waals surface area contributed by atoms with Crippen molar-refractivity contribution in [2.45, 2.75) is 26.8 Å². The molecular weight excluding hydrogens is 405 g/mol. The van der Waals surface area contributed by atoms with Gasteiger partial charge in [-0.3, -0.25) is 4.79 Å². The van der Waals surface area contributed by atoms with Crippen LogP contribution in [0.3, 0.4) is 0 Å². The second kappa shape index (κ2) is 8.60. The number of ketones is 1. The van der Waals surface area contributed by atoms with Gasteiger partial charge in [-0.15, -0.1) is 0 Å². The summed E-state index contributed by atoms with van der Waals surface area (Å²) in [6.07, 6.45) is 0. The van der Waals surface area contributed by atoms with E-state index in [1.165, 1.54) is 12.1 Å². The Hall–Kier alpha value is -1.99. The first-order valence-corrected chi connectivity index (χ1v) is 8.88. The van der Waals surface area contributed by atoms with Crippen molar-refractivity contribution in [3.05, 3.63) is 57.1 Å². The van der Waals surface area contributed by atoms with Crippen LogP contribution in [0.4, 0.5) is 4.39 Å². The van der Waals surface area contributed by atoms with Gasteiger partial charge in [-0.2, -0.15) is 0 Å². The van der Waals surface area contributed by atoms with E-state index in [1.807, 2.05) is 25.3 Å². The molecular formula is C19H21BrFNO4. The van der Waals surface area contributed by atoms with Gasteiger partial charge in [0.05, 0.1) is 18.2 Å². The highest BCUT2D eigenvalue weighted by Gasteiger charge is 2.20. The number of carbonyl (C=O) groups excluding carboxylic acids is 2. The molecule has 0 saturated carbocycles. The van der Waals surface area contributed by atoms with Crippen molar-refractivity contribution >= 4 is 27.7 Å². The molecule has 1 atom stereocenters. The maximum Gasteiger partial charge on any atom is 0.339 e. The number of hydrogen-bond donors (Lipinski definition) is 0. The molecule has 0 fully saturated rings. The van der Waals surface area contributed by atoms with Crippen molar-refractivity contribution in [1.82, 2.24) is 4.57 Å². The fourth-order valence-electron chi connectivity index (χ4n) is 2.99. The number of Topliss-reactive ketones (excluding diaryl/α,β-unsaturated/α-hetero) is 1. The smallest absolute Gasteiger partial charge is 0.339 e. The molecule has 5 nitrogen and oxygen atoms in total. The number of methoxy groups -OCH3 is 1. The summed E-state index contributed by atoms with van der Waals surface area (Å²) in [7, 11) is 1.63. The van der Waals surface area contributed by atoms with E-state index in [9.17, 15) is 14.0 Å². The van der Waals surface area contributed by atoms with E-state index in [1.54, 1.807) is 13.2 Å². The molecule has 0 saturated heterocycles. The maximum absolute atomic E-state index is 13.1. The quantitative estimate of drug-likeness (QED) is 0.491. The summed E-state index contributed by atoms with van der Waals surface area (Å²) in [5.41, 5.74) is 2.41. The topological polar surface area (TPSA) is 57.5 Å². The number of hydrogen-bond acceptors (Lipinski definition) is 4. The van der Waals surface area contributed by atoms with Gasteiger partial charge >= 0.3 is 5.97 Å². The molecule has 1 aromatic carbocycles. The average molecular weight is 426 g/mol. The van der Waals surface area contributed by atoms with Crippen molar-refractivity contribution in [2.24, 2.45) is 0 Å². The van der Waals surface area contributed by atoms with Crippen molar-refractivity contribution < 1.29 is 23.5 Å². The molecule has 0 aliphatic carbocycles. The predicted octanol–water partition coefficient (Wildman–Crippen LogP) is 4.25. The van der Waals surface area contributed by atoms with Crippen molar-refractivity contribution in [1.29, 1.82) is 0 Å². The summed E-state index contributed by atoms with van der Waals surface area (Å²) in [5.74, 6) is -1.45. The highest BCUT2D eigenvalue weighted by molar-refractivity contribution is 9.10. The first-order chi connectivity index (χ1) is 12.3. The lowest BCUT2D eigenvalue weighted by Gasteiger charge is -2.17. The lowest BCUT2D eigenvalue weighted by molar-refractivity contribution is 0.0473. The Bertz CT molecular complexity index is 831. The highest BCUT2D eigenvalue weighted by atomic mass is 79.9. The van der Waals surface area contributed by atoms with Gasteiger partial charge in [0.2, 0.25) is 5.78 Å². The minimum atomic E-state index is -0.688. The minimum Gasteiger partial charge on any atom is -0.454 e. The van der Waals surface area contributed by atoms with Crippen LogP contribution in [0.2, 0.25) is 0 Å². The zero-order chi connectivity index (χ0) is 19.4. The number of esters is 1. The van der Waals surface area contributed by atoms with Gasteiger partial charge in [0.15, 0.2) is 6.61 Å². The van der Waals surface area contributed by atoms with Crippen molar-refractivity contribution in [3.8, 4) is 0 Å². The Morgan fingerprint density at radius 1 is 1.23 bits per heavy atom. The number of carbonyl (C=O) groups is 2. The van der Waals surface area contributed by atoms with Gasteiger partial charge in [0.1, 0.15) is 5.82 Å². The van der Waals surface area contributed by atoms with Gasteiger partial charge in [-0.05, 0) is 61.0 Å². The lowest BCUT2D eigenvalue weighted by atomic mass is 10.1. The van der Waals surface area contributed by atoms with Crippen LogP contribution in [0.15, 0.2) is 28.7 Å².